The number of nitrogens with one attached hydrogen (secondary N) is 1. The summed E-state index contributed by atoms with van der Waals surface area (Å²) in [6.07, 6.45) is 0. The summed E-state index contributed by atoms with van der Waals surface area (Å²) in [6, 6.07) is 5.32. The number of halogens is 1. The molecule has 0 bridgehead atoms. The Balaban J connectivity index is 2.31. The van der Waals surface area contributed by atoms with E-state index in [1.165, 1.54) is 0 Å². The van der Waals surface area contributed by atoms with E-state index in [2.05, 4.69) is 21.2 Å². The van der Waals surface area contributed by atoms with Crippen LogP contribution in [0.3, 0.4) is 0 Å². The van der Waals surface area contributed by atoms with Crippen LogP contribution in [-0.2, 0) is 9.59 Å². The van der Waals surface area contributed by atoms with Gasteiger partial charge in [0.2, 0.25) is 11.8 Å². The molecule has 0 spiro atoms. The minimum Gasteiger partial charge on any atom is -0.389 e. The van der Waals surface area contributed by atoms with Crippen molar-refractivity contribution < 1.29 is 9.59 Å². The van der Waals surface area contributed by atoms with E-state index >= 15 is 0 Å². The molecule has 0 aromatic heterocycles. The number of thiocarbonyl (C=S) groups is 1. The molecule has 2 amide bonds. The van der Waals surface area contributed by atoms with Crippen LogP contribution >= 0.6 is 28.1 Å². The molecule has 1 fully saturated rings. The number of carbonyl (C=O) groups excluding carboxylic acids is 2. The largest absolute Gasteiger partial charge is 0.389 e. The third-order valence-corrected chi connectivity index (χ3v) is 3.39. The first kappa shape index (κ1) is 13.0. The van der Waals surface area contributed by atoms with Gasteiger partial charge in [-0.1, -0.05) is 12.2 Å². The summed E-state index contributed by atoms with van der Waals surface area (Å²) < 4.78 is 0.746. The number of imide groups is 1. The first-order valence-electron chi connectivity index (χ1n) is 5.14. The van der Waals surface area contributed by atoms with Crippen LogP contribution in [0.15, 0.2) is 22.7 Å². The van der Waals surface area contributed by atoms with E-state index in [1.807, 2.05) is 0 Å². The lowest BCUT2D eigenvalue weighted by Crippen LogP contribution is -2.51. The predicted octanol–water partition coefficient (Wildman–Crippen LogP) is 0.546. The van der Waals surface area contributed by atoms with Crippen molar-refractivity contribution in [3.05, 3.63) is 28.2 Å². The van der Waals surface area contributed by atoms with Crippen molar-refractivity contribution in [2.24, 2.45) is 5.73 Å². The molecule has 0 unspecified atom stereocenters. The Morgan fingerprint density at radius 3 is 2.44 bits per heavy atom. The zero-order chi connectivity index (χ0) is 13.3. The summed E-state index contributed by atoms with van der Waals surface area (Å²) in [4.78, 5) is 24.6. The van der Waals surface area contributed by atoms with Crippen molar-refractivity contribution in [2.75, 3.05) is 18.0 Å². The van der Waals surface area contributed by atoms with Gasteiger partial charge in [-0.05, 0) is 34.1 Å². The van der Waals surface area contributed by atoms with Crippen LogP contribution in [0.25, 0.3) is 0 Å². The third-order valence-electron chi connectivity index (χ3n) is 2.52. The van der Waals surface area contributed by atoms with E-state index in [-0.39, 0.29) is 24.9 Å². The Morgan fingerprint density at radius 2 is 1.94 bits per heavy atom. The molecule has 1 saturated heterocycles. The Hall–Kier alpha value is -1.47. The van der Waals surface area contributed by atoms with Gasteiger partial charge in [0, 0.05) is 10.0 Å². The van der Waals surface area contributed by atoms with Gasteiger partial charge in [-0.15, -0.1) is 0 Å². The third kappa shape index (κ3) is 2.68. The first-order chi connectivity index (χ1) is 8.47. The number of benzene rings is 1. The average molecular weight is 328 g/mol. The highest BCUT2D eigenvalue weighted by Crippen LogP contribution is 2.27. The van der Waals surface area contributed by atoms with Crippen molar-refractivity contribution in [1.29, 1.82) is 0 Å². The van der Waals surface area contributed by atoms with Gasteiger partial charge in [-0.3, -0.25) is 14.9 Å². The number of rotatable bonds is 2. The Labute approximate surface area is 117 Å². The maximum Gasteiger partial charge on any atom is 0.246 e. The molecule has 0 radical (unpaired) electrons. The van der Waals surface area contributed by atoms with E-state index in [9.17, 15) is 9.59 Å². The minimum absolute atomic E-state index is 0.150. The highest BCUT2D eigenvalue weighted by Gasteiger charge is 2.23. The second-order valence-corrected chi connectivity index (χ2v) is 5.15. The molecule has 0 atom stereocenters. The Kier molecular flexibility index (Phi) is 3.63. The van der Waals surface area contributed by atoms with Crippen LogP contribution in [-0.4, -0.2) is 29.9 Å². The summed E-state index contributed by atoms with van der Waals surface area (Å²) >= 11 is 8.27. The SMILES string of the molecule is NC(=S)c1ccc(N2CC(=O)NC(=O)C2)c(Br)c1. The fourth-order valence-electron chi connectivity index (χ4n) is 1.72. The number of hydrogen-bond acceptors (Lipinski definition) is 4. The van der Waals surface area contributed by atoms with Gasteiger partial charge in [0.1, 0.15) is 4.99 Å². The quantitative estimate of drug-likeness (QED) is 0.612. The zero-order valence-corrected chi connectivity index (χ0v) is 11.7. The molecular weight excluding hydrogens is 318 g/mol. The molecule has 18 heavy (non-hydrogen) atoms. The second kappa shape index (κ2) is 5.03. The van der Waals surface area contributed by atoms with Gasteiger partial charge >= 0.3 is 0 Å². The minimum atomic E-state index is -0.309. The Morgan fingerprint density at radius 1 is 1.33 bits per heavy atom. The smallest absolute Gasteiger partial charge is 0.246 e. The van der Waals surface area contributed by atoms with E-state index in [0.29, 0.717) is 4.99 Å². The van der Waals surface area contributed by atoms with Crippen LogP contribution in [0.2, 0.25) is 0 Å². The molecule has 0 saturated carbocycles. The van der Waals surface area contributed by atoms with Crippen molar-refractivity contribution in [3.8, 4) is 0 Å². The van der Waals surface area contributed by atoms with Crippen molar-refractivity contribution in [1.82, 2.24) is 5.32 Å². The maximum absolute atomic E-state index is 11.3. The van der Waals surface area contributed by atoms with Gasteiger partial charge in [0.15, 0.2) is 0 Å². The number of carbonyl (C=O) groups is 2. The van der Waals surface area contributed by atoms with Crippen LogP contribution in [0, 0.1) is 0 Å². The summed E-state index contributed by atoms with van der Waals surface area (Å²) in [6.45, 7) is 0.299. The fraction of sp³-hybridized carbons (Fsp3) is 0.182. The van der Waals surface area contributed by atoms with E-state index in [0.717, 1.165) is 15.7 Å². The number of amides is 2. The molecule has 5 nitrogen and oxygen atoms in total. The van der Waals surface area contributed by atoms with Gasteiger partial charge in [0.25, 0.3) is 0 Å². The van der Waals surface area contributed by atoms with Crippen LogP contribution in [0.4, 0.5) is 5.69 Å². The molecule has 94 valence electrons. The number of anilines is 1. The molecule has 1 heterocycles. The molecule has 3 N–H and O–H groups in total. The first-order valence-corrected chi connectivity index (χ1v) is 6.34. The molecule has 1 aromatic carbocycles. The number of nitrogens with zero attached hydrogens (tertiary/aromatic N) is 1. The van der Waals surface area contributed by atoms with Crippen LogP contribution in [0.5, 0.6) is 0 Å². The molecule has 0 aliphatic carbocycles. The molecule has 2 rings (SSSR count). The summed E-state index contributed by atoms with van der Waals surface area (Å²) in [5.74, 6) is -0.617. The molecule has 1 aromatic rings. The average Bonchev–Trinajstić information content (AvgIpc) is 2.27. The lowest BCUT2D eigenvalue weighted by Gasteiger charge is -2.28. The lowest BCUT2D eigenvalue weighted by molar-refractivity contribution is -0.130. The summed E-state index contributed by atoms with van der Waals surface area (Å²) in [7, 11) is 0. The fourth-order valence-corrected chi connectivity index (χ4v) is 2.48. The molecular formula is C11H10BrN3O2S. The lowest BCUT2D eigenvalue weighted by atomic mass is 10.2. The highest BCUT2D eigenvalue weighted by atomic mass is 79.9. The second-order valence-electron chi connectivity index (χ2n) is 3.86. The van der Waals surface area contributed by atoms with Gasteiger partial charge in [-0.2, -0.15) is 0 Å². The zero-order valence-electron chi connectivity index (χ0n) is 9.27. The maximum atomic E-state index is 11.3. The predicted molar refractivity (Wildman–Crippen MR) is 75.4 cm³/mol. The highest BCUT2D eigenvalue weighted by molar-refractivity contribution is 9.10. The number of piperazine rings is 1. The monoisotopic (exact) mass is 327 g/mol. The van der Waals surface area contributed by atoms with Crippen LogP contribution in [0.1, 0.15) is 5.56 Å². The molecule has 1 aliphatic rings. The standard InChI is InChI=1S/C11H10BrN3O2S/c12-7-3-6(11(13)18)1-2-8(7)15-4-9(16)14-10(17)5-15/h1-3H,4-5H2,(H2,13,18)(H,14,16,17). The van der Waals surface area contributed by atoms with E-state index in [1.54, 1.807) is 23.1 Å². The van der Waals surface area contributed by atoms with Gasteiger partial charge < -0.3 is 10.6 Å². The normalized spacial score (nSPS) is 15.5. The molecule has 1 aliphatic heterocycles. The Bertz CT molecular complexity index is 531. The van der Waals surface area contributed by atoms with E-state index in [4.69, 9.17) is 18.0 Å². The summed E-state index contributed by atoms with van der Waals surface area (Å²) in [5, 5.41) is 2.25. The van der Waals surface area contributed by atoms with Gasteiger partial charge in [-0.25, -0.2) is 0 Å². The number of hydrogen-bond donors (Lipinski definition) is 2. The van der Waals surface area contributed by atoms with Crippen molar-refractivity contribution in [3.63, 3.8) is 0 Å². The van der Waals surface area contributed by atoms with Crippen LogP contribution < -0.4 is 16.0 Å². The molecule has 7 heteroatoms. The topological polar surface area (TPSA) is 75.4 Å². The van der Waals surface area contributed by atoms with Crippen molar-refractivity contribution in [2.45, 2.75) is 0 Å². The summed E-state index contributed by atoms with van der Waals surface area (Å²) in [5.41, 5.74) is 7.03. The van der Waals surface area contributed by atoms with E-state index < -0.39 is 0 Å². The number of nitrogens with two attached hydrogens (primary N) is 1. The van der Waals surface area contributed by atoms with Gasteiger partial charge in [0.05, 0.1) is 18.8 Å². The van der Waals surface area contributed by atoms with Crippen molar-refractivity contribution >= 4 is 50.6 Å².